The van der Waals surface area contributed by atoms with Gasteiger partial charge in [-0.05, 0) is 51.9 Å². The Kier molecular flexibility index (Phi) is 6.61. The normalized spacial score (nSPS) is 16.9. The molecule has 1 atom stereocenters. The number of ether oxygens (including phenoxy) is 2. The molecule has 1 aromatic carbocycles. The number of nitrogens with zero attached hydrogens (tertiary/aromatic N) is 2. The number of hydrogen-bond acceptors (Lipinski definition) is 6. The monoisotopic (exact) mass is 363 g/mol. The molecule has 1 fully saturated rings. The second kappa shape index (κ2) is 8.51. The molecule has 0 aliphatic carbocycles. The molecule has 1 aliphatic rings. The van der Waals surface area contributed by atoms with Gasteiger partial charge in [0.25, 0.3) is 0 Å². The van der Waals surface area contributed by atoms with Crippen molar-refractivity contribution in [3.05, 3.63) is 29.8 Å². The number of carbonyl (C=O) groups is 2. The van der Waals surface area contributed by atoms with Crippen LogP contribution in [0.25, 0.3) is 0 Å². The Hall–Kier alpha value is -2.12. The van der Waals surface area contributed by atoms with E-state index >= 15 is 0 Å². The highest BCUT2D eigenvalue weighted by Gasteiger charge is 2.23. The van der Waals surface area contributed by atoms with Gasteiger partial charge in [-0.2, -0.15) is 0 Å². The molecule has 1 heterocycles. The van der Waals surface area contributed by atoms with E-state index in [9.17, 15) is 9.59 Å². The molecule has 1 amide bonds. The van der Waals surface area contributed by atoms with Gasteiger partial charge in [-0.15, -0.1) is 0 Å². The van der Waals surface area contributed by atoms with Gasteiger partial charge in [0.15, 0.2) is 0 Å². The van der Waals surface area contributed by atoms with Crippen molar-refractivity contribution in [2.24, 2.45) is 5.73 Å². The quantitative estimate of drug-likeness (QED) is 0.819. The first-order chi connectivity index (χ1) is 12.1. The fraction of sp³-hybridized carbons (Fsp3) is 0.579. The second-order valence-electron chi connectivity index (χ2n) is 7.65. The predicted molar refractivity (Wildman–Crippen MR) is 99.1 cm³/mol. The Morgan fingerprint density at radius 2 is 1.69 bits per heavy atom. The van der Waals surface area contributed by atoms with Crippen LogP contribution in [0.15, 0.2) is 24.3 Å². The first kappa shape index (κ1) is 20.2. The molecule has 0 spiro atoms. The molecule has 7 heteroatoms. The molecule has 26 heavy (non-hydrogen) atoms. The van der Waals surface area contributed by atoms with Crippen LogP contribution in [0, 0.1) is 0 Å². The molecular formula is C19H29N3O4. The minimum absolute atomic E-state index is 0.337. The van der Waals surface area contributed by atoms with Gasteiger partial charge in [0.2, 0.25) is 0 Å². The maximum absolute atomic E-state index is 12.2. The highest BCUT2D eigenvalue weighted by atomic mass is 16.6. The molecule has 0 bridgehead atoms. The van der Waals surface area contributed by atoms with Crippen molar-refractivity contribution in [1.82, 2.24) is 9.80 Å². The minimum atomic E-state index is -0.729. The van der Waals surface area contributed by atoms with Crippen molar-refractivity contribution in [3.63, 3.8) is 0 Å². The number of hydrogen-bond donors (Lipinski definition) is 1. The lowest BCUT2D eigenvalue weighted by atomic mass is 10.1. The van der Waals surface area contributed by atoms with Gasteiger partial charge in [0, 0.05) is 26.2 Å². The largest absolute Gasteiger partial charge is 0.459 e. The van der Waals surface area contributed by atoms with Crippen molar-refractivity contribution in [2.75, 3.05) is 33.2 Å². The van der Waals surface area contributed by atoms with E-state index in [0.29, 0.717) is 25.3 Å². The zero-order valence-corrected chi connectivity index (χ0v) is 16.0. The molecule has 1 aromatic rings. The van der Waals surface area contributed by atoms with E-state index < -0.39 is 17.6 Å². The van der Waals surface area contributed by atoms with Gasteiger partial charge in [-0.1, -0.05) is 12.1 Å². The molecule has 0 saturated carbocycles. The van der Waals surface area contributed by atoms with E-state index in [1.54, 1.807) is 49.9 Å². The van der Waals surface area contributed by atoms with Crippen molar-refractivity contribution in [3.8, 4) is 5.75 Å². The summed E-state index contributed by atoms with van der Waals surface area (Å²) in [5.74, 6) is 0.0478. The van der Waals surface area contributed by atoms with Crippen LogP contribution in [0.4, 0.5) is 4.79 Å². The summed E-state index contributed by atoms with van der Waals surface area (Å²) in [5.41, 5.74) is 6.23. The fourth-order valence-electron chi connectivity index (χ4n) is 2.56. The van der Waals surface area contributed by atoms with E-state index in [-0.39, 0.29) is 6.09 Å². The van der Waals surface area contributed by atoms with Crippen LogP contribution in [0.3, 0.4) is 0 Å². The third-order valence-corrected chi connectivity index (χ3v) is 4.06. The molecule has 0 unspecified atom stereocenters. The summed E-state index contributed by atoms with van der Waals surface area (Å²) in [5, 5.41) is 0. The molecule has 1 saturated heterocycles. The van der Waals surface area contributed by atoms with E-state index in [0.717, 1.165) is 18.7 Å². The van der Waals surface area contributed by atoms with Crippen LogP contribution in [0.5, 0.6) is 5.75 Å². The molecule has 2 N–H and O–H groups in total. The number of esters is 1. The highest BCUT2D eigenvalue weighted by molar-refractivity contribution is 5.76. The number of rotatable bonds is 4. The van der Waals surface area contributed by atoms with Crippen LogP contribution in [0.1, 0.15) is 26.3 Å². The zero-order chi connectivity index (χ0) is 19.3. The zero-order valence-electron chi connectivity index (χ0n) is 16.0. The summed E-state index contributed by atoms with van der Waals surface area (Å²) >= 11 is 0. The van der Waals surface area contributed by atoms with Gasteiger partial charge < -0.3 is 25.0 Å². The van der Waals surface area contributed by atoms with E-state index in [4.69, 9.17) is 15.2 Å². The van der Waals surface area contributed by atoms with Crippen molar-refractivity contribution < 1.29 is 19.1 Å². The third-order valence-electron chi connectivity index (χ3n) is 4.06. The Morgan fingerprint density at radius 1 is 1.12 bits per heavy atom. The molecular weight excluding hydrogens is 334 g/mol. The SMILES string of the molecule is CN1CCN(C(=O)Oc2ccc(C[C@H](N)C(=O)OC(C)(C)C)cc2)CC1. The molecule has 0 aromatic heterocycles. The topological polar surface area (TPSA) is 85.1 Å². The van der Waals surface area contributed by atoms with Crippen LogP contribution < -0.4 is 10.5 Å². The average Bonchev–Trinajstić information content (AvgIpc) is 2.55. The minimum Gasteiger partial charge on any atom is -0.459 e. The van der Waals surface area contributed by atoms with Crippen molar-refractivity contribution in [2.45, 2.75) is 38.8 Å². The van der Waals surface area contributed by atoms with Crippen molar-refractivity contribution in [1.29, 1.82) is 0 Å². The number of amides is 1. The van der Waals surface area contributed by atoms with Crippen LogP contribution in [-0.4, -0.2) is 66.7 Å². The first-order valence-corrected chi connectivity index (χ1v) is 8.87. The summed E-state index contributed by atoms with van der Waals surface area (Å²) in [7, 11) is 2.03. The van der Waals surface area contributed by atoms with Gasteiger partial charge >= 0.3 is 12.1 Å². The Morgan fingerprint density at radius 3 is 2.23 bits per heavy atom. The fourth-order valence-corrected chi connectivity index (χ4v) is 2.56. The summed E-state index contributed by atoms with van der Waals surface area (Å²) < 4.78 is 10.7. The lowest BCUT2D eigenvalue weighted by Crippen LogP contribution is -2.48. The number of benzene rings is 1. The van der Waals surface area contributed by atoms with E-state index in [1.807, 2.05) is 7.05 Å². The Labute approximate surface area is 155 Å². The van der Waals surface area contributed by atoms with E-state index in [2.05, 4.69) is 4.90 Å². The summed E-state index contributed by atoms with van der Waals surface area (Å²) in [6.07, 6.45) is 0.0259. The molecule has 7 nitrogen and oxygen atoms in total. The number of piperazine rings is 1. The van der Waals surface area contributed by atoms with Gasteiger partial charge in [0.05, 0.1) is 0 Å². The lowest BCUT2D eigenvalue weighted by molar-refractivity contribution is -0.156. The van der Waals surface area contributed by atoms with Gasteiger partial charge in [-0.25, -0.2) is 4.79 Å². The lowest BCUT2D eigenvalue weighted by Gasteiger charge is -2.31. The summed E-state index contributed by atoms with van der Waals surface area (Å²) in [6, 6.07) is 6.30. The van der Waals surface area contributed by atoms with Gasteiger partial charge in [0.1, 0.15) is 17.4 Å². The smallest absolute Gasteiger partial charge is 0.415 e. The van der Waals surface area contributed by atoms with Crippen LogP contribution in [0.2, 0.25) is 0 Å². The average molecular weight is 363 g/mol. The number of likely N-dealkylation sites (N-methyl/N-ethyl adjacent to an activating group) is 1. The molecule has 2 rings (SSSR count). The Balaban J connectivity index is 1.86. The summed E-state index contributed by atoms with van der Waals surface area (Å²) in [4.78, 5) is 28.0. The maximum Gasteiger partial charge on any atom is 0.415 e. The van der Waals surface area contributed by atoms with Crippen LogP contribution >= 0.6 is 0 Å². The Bertz CT molecular complexity index is 617. The summed E-state index contributed by atoms with van der Waals surface area (Å²) in [6.45, 7) is 8.44. The molecule has 0 radical (unpaired) electrons. The molecule has 144 valence electrons. The predicted octanol–water partition coefficient (Wildman–Crippen LogP) is 1.64. The molecule has 1 aliphatic heterocycles. The third kappa shape index (κ3) is 6.31. The standard InChI is InChI=1S/C19H29N3O4/c1-19(2,3)26-17(23)16(20)13-14-5-7-15(8-6-14)25-18(24)22-11-9-21(4)10-12-22/h5-8,16H,9-13,20H2,1-4H3/t16-/m0/s1. The van der Waals surface area contributed by atoms with Crippen LogP contribution in [-0.2, 0) is 16.0 Å². The number of nitrogens with two attached hydrogens (primary N) is 1. The first-order valence-electron chi connectivity index (χ1n) is 8.87. The number of carbonyl (C=O) groups excluding carboxylic acids is 2. The van der Waals surface area contributed by atoms with Crippen molar-refractivity contribution >= 4 is 12.1 Å². The van der Waals surface area contributed by atoms with Gasteiger partial charge in [-0.3, -0.25) is 4.79 Å². The highest BCUT2D eigenvalue weighted by Crippen LogP contribution is 2.16. The second-order valence-corrected chi connectivity index (χ2v) is 7.65. The maximum atomic E-state index is 12.2. The van der Waals surface area contributed by atoms with E-state index in [1.165, 1.54) is 0 Å².